The molecule has 0 saturated carbocycles. The fourth-order valence-corrected chi connectivity index (χ4v) is 3.57. The molecule has 138 valence electrons. The third-order valence-electron chi connectivity index (χ3n) is 4.92. The molecule has 2 aromatic carbocycles. The summed E-state index contributed by atoms with van der Waals surface area (Å²) in [6.07, 6.45) is -4.76. The molecule has 2 aliphatic heterocycles. The van der Waals surface area contributed by atoms with Crippen LogP contribution < -0.4 is 10.2 Å². The molecule has 0 spiro atoms. The van der Waals surface area contributed by atoms with E-state index >= 15 is 0 Å². The first-order valence-corrected chi connectivity index (χ1v) is 8.08. The lowest BCUT2D eigenvalue weighted by atomic mass is 9.82. The molecule has 0 fully saturated rings. The van der Waals surface area contributed by atoms with E-state index in [0.717, 1.165) is 6.07 Å². The number of anilines is 2. The molecule has 4 rings (SSSR count). The van der Waals surface area contributed by atoms with Crippen LogP contribution in [0.1, 0.15) is 45.7 Å². The van der Waals surface area contributed by atoms with E-state index < -0.39 is 34.9 Å². The largest absolute Gasteiger partial charge is 0.416 e. The Labute approximate surface area is 151 Å². The van der Waals surface area contributed by atoms with Crippen LogP contribution in [-0.2, 0) is 16.4 Å². The smallest absolute Gasteiger partial charge is 0.325 e. The van der Waals surface area contributed by atoms with E-state index in [0.29, 0.717) is 4.90 Å². The minimum atomic E-state index is -4.76. The standard InChI is InChI=1S/C19H13F3N2O3/c1-18(2)14-12(19(20,21)22)7-9(8-13(14)23-17(18)27)24-15(25)10-5-3-4-6-11(10)16(24)26/h3-8H,1-2H3,(H,23,27). The first-order valence-electron chi connectivity index (χ1n) is 8.08. The Kier molecular flexibility index (Phi) is 3.31. The second kappa shape index (κ2) is 5.18. The number of rotatable bonds is 1. The van der Waals surface area contributed by atoms with E-state index in [9.17, 15) is 27.6 Å². The summed E-state index contributed by atoms with van der Waals surface area (Å²) in [5.74, 6) is -1.98. The molecular formula is C19H13F3N2O3. The van der Waals surface area contributed by atoms with Crippen LogP contribution >= 0.6 is 0 Å². The molecule has 0 radical (unpaired) electrons. The Morgan fingerprint density at radius 3 is 2.04 bits per heavy atom. The Morgan fingerprint density at radius 1 is 0.963 bits per heavy atom. The van der Waals surface area contributed by atoms with Gasteiger partial charge < -0.3 is 5.32 Å². The number of hydrogen-bond acceptors (Lipinski definition) is 3. The van der Waals surface area contributed by atoms with Gasteiger partial charge in [0, 0.05) is 11.3 Å². The summed E-state index contributed by atoms with van der Waals surface area (Å²) >= 11 is 0. The first-order chi connectivity index (χ1) is 12.5. The van der Waals surface area contributed by atoms with E-state index in [1.54, 1.807) is 12.1 Å². The number of carbonyl (C=O) groups excluding carboxylic acids is 3. The number of nitrogens with zero attached hydrogens (tertiary/aromatic N) is 1. The lowest BCUT2D eigenvalue weighted by molar-refractivity contribution is -0.138. The Bertz CT molecular complexity index is 1010. The van der Waals surface area contributed by atoms with Gasteiger partial charge in [-0.15, -0.1) is 0 Å². The third-order valence-corrected chi connectivity index (χ3v) is 4.92. The van der Waals surface area contributed by atoms with Crippen LogP contribution in [0.4, 0.5) is 24.5 Å². The third kappa shape index (κ3) is 2.29. The van der Waals surface area contributed by atoms with Crippen molar-refractivity contribution >= 4 is 29.1 Å². The molecule has 2 aliphatic rings. The number of imide groups is 1. The van der Waals surface area contributed by atoms with Crippen molar-refractivity contribution in [1.82, 2.24) is 0 Å². The van der Waals surface area contributed by atoms with Gasteiger partial charge in [0.1, 0.15) is 0 Å². The van der Waals surface area contributed by atoms with E-state index in [-0.39, 0.29) is 28.1 Å². The predicted molar refractivity (Wildman–Crippen MR) is 90.7 cm³/mol. The predicted octanol–water partition coefficient (Wildman–Crippen LogP) is 3.74. The fourth-order valence-electron chi connectivity index (χ4n) is 3.57. The van der Waals surface area contributed by atoms with E-state index in [1.165, 1.54) is 32.0 Å². The second-order valence-corrected chi connectivity index (χ2v) is 6.98. The fraction of sp³-hybridized carbons (Fsp3) is 0.211. The van der Waals surface area contributed by atoms with Gasteiger partial charge in [-0.05, 0) is 38.1 Å². The lowest BCUT2D eigenvalue weighted by Crippen LogP contribution is -2.30. The number of nitrogens with one attached hydrogen (secondary N) is 1. The van der Waals surface area contributed by atoms with Crippen molar-refractivity contribution in [1.29, 1.82) is 0 Å². The van der Waals surface area contributed by atoms with Crippen LogP contribution in [0.2, 0.25) is 0 Å². The zero-order valence-corrected chi connectivity index (χ0v) is 14.3. The van der Waals surface area contributed by atoms with Gasteiger partial charge in [-0.1, -0.05) is 12.1 Å². The van der Waals surface area contributed by atoms with E-state index in [4.69, 9.17) is 0 Å². The second-order valence-electron chi connectivity index (χ2n) is 6.98. The minimum Gasteiger partial charge on any atom is -0.325 e. The first kappa shape index (κ1) is 17.3. The molecule has 0 aromatic heterocycles. The highest BCUT2D eigenvalue weighted by molar-refractivity contribution is 6.34. The topological polar surface area (TPSA) is 66.5 Å². The van der Waals surface area contributed by atoms with Gasteiger partial charge in [0.05, 0.1) is 27.8 Å². The molecular weight excluding hydrogens is 361 g/mol. The number of fused-ring (bicyclic) bond motifs is 2. The Balaban J connectivity index is 1.93. The van der Waals surface area contributed by atoms with Gasteiger partial charge in [0.2, 0.25) is 5.91 Å². The zero-order chi connectivity index (χ0) is 19.7. The number of alkyl halides is 3. The number of amides is 3. The van der Waals surface area contributed by atoms with E-state index in [2.05, 4.69) is 5.32 Å². The van der Waals surface area contributed by atoms with Gasteiger partial charge in [-0.25, -0.2) is 4.90 Å². The van der Waals surface area contributed by atoms with Crippen molar-refractivity contribution in [2.75, 3.05) is 10.2 Å². The molecule has 0 atom stereocenters. The van der Waals surface area contributed by atoms with Crippen molar-refractivity contribution in [3.8, 4) is 0 Å². The van der Waals surface area contributed by atoms with Crippen LogP contribution in [0, 0.1) is 0 Å². The monoisotopic (exact) mass is 374 g/mol. The van der Waals surface area contributed by atoms with Crippen molar-refractivity contribution in [2.24, 2.45) is 0 Å². The zero-order valence-electron chi connectivity index (χ0n) is 14.3. The molecule has 0 saturated heterocycles. The van der Waals surface area contributed by atoms with Crippen molar-refractivity contribution in [2.45, 2.75) is 25.4 Å². The molecule has 8 heteroatoms. The average Bonchev–Trinajstić information content (AvgIpc) is 2.97. The molecule has 0 bridgehead atoms. The van der Waals surface area contributed by atoms with Crippen molar-refractivity contribution < 1.29 is 27.6 Å². The van der Waals surface area contributed by atoms with Crippen LogP contribution in [0.3, 0.4) is 0 Å². The summed E-state index contributed by atoms with van der Waals surface area (Å²) in [5, 5.41) is 2.43. The summed E-state index contributed by atoms with van der Waals surface area (Å²) < 4.78 is 41.1. The quantitative estimate of drug-likeness (QED) is 0.774. The highest BCUT2D eigenvalue weighted by Gasteiger charge is 2.48. The normalized spacial score (nSPS) is 17.8. The molecule has 3 amide bonds. The summed E-state index contributed by atoms with van der Waals surface area (Å²) in [7, 11) is 0. The molecule has 2 aromatic rings. The number of hydrogen-bond donors (Lipinski definition) is 1. The van der Waals surface area contributed by atoms with Crippen LogP contribution in [0.5, 0.6) is 0 Å². The summed E-state index contributed by atoms with van der Waals surface area (Å²) in [4.78, 5) is 38.0. The average molecular weight is 374 g/mol. The van der Waals surface area contributed by atoms with Crippen LogP contribution in [-0.4, -0.2) is 17.7 Å². The Morgan fingerprint density at radius 2 is 1.52 bits per heavy atom. The highest BCUT2D eigenvalue weighted by Crippen LogP contribution is 2.48. The maximum absolute atomic E-state index is 13.7. The lowest BCUT2D eigenvalue weighted by Gasteiger charge is -2.23. The summed E-state index contributed by atoms with van der Waals surface area (Å²) in [6.45, 7) is 2.79. The Hall–Kier alpha value is -3.16. The minimum absolute atomic E-state index is 0.0496. The molecule has 1 N–H and O–H groups in total. The van der Waals surface area contributed by atoms with Crippen LogP contribution in [0.25, 0.3) is 0 Å². The molecule has 0 unspecified atom stereocenters. The molecule has 2 heterocycles. The molecule has 0 aliphatic carbocycles. The molecule has 5 nitrogen and oxygen atoms in total. The van der Waals surface area contributed by atoms with Gasteiger partial charge in [-0.3, -0.25) is 14.4 Å². The van der Waals surface area contributed by atoms with Gasteiger partial charge in [0.25, 0.3) is 11.8 Å². The summed E-state index contributed by atoms with van der Waals surface area (Å²) in [6, 6.07) is 8.01. The highest BCUT2D eigenvalue weighted by atomic mass is 19.4. The number of benzene rings is 2. The van der Waals surface area contributed by atoms with Crippen molar-refractivity contribution in [3.63, 3.8) is 0 Å². The van der Waals surface area contributed by atoms with Gasteiger partial charge in [0.15, 0.2) is 0 Å². The SMILES string of the molecule is CC1(C)C(=O)Nc2cc(N3C(=O)c4ccccc4C3=O)cc(C(F)(F)F)c21. The van der Waals surface area contributed by atoms with E-state index in [1.807, 2.05) is 0 Å². The number of carbonyl (C=O) groups is 3. The maximum Gasteiger partial charge on any atom is 0.416 e. The van der Waals surface area contributed by atoms with Crippen LogP contribution in [0.15, 0.2) is 36.4 Å². The maximum atomic E-state index is 13.7. The molecule has 27 heavy (non-hydrogen) atoms. The van der Waals surface area contributed by atoms with Gasteiger partial charge >= 0.3 is 6.18 Å². The number of halogens is 3. The summed E-state index contributed by atoms with van der Waals surface area (Å²) in [5.41, 5.74) is -2.66. The van der Waals surface area contributed by atoms with Gasteiger partial charge in [-0.2, -0.15) is 13.2 Å². The van der Waals surface area contributed by atoms with Crippen molar-refractivity contribution in [3.05, 3.63) is 58.7 Å².